The van der Waals surface area contributed by atoms with Crippen molar-refractivity contribution in [1.29, 1.82) is 0 Å². The van der Waals surface area contributed by atoms with Crippen molar-refractivity contribution in [2.75, 3.05) is 7.11 Å². The molecule has 0 heterocycles. The van der Waals surface area contributed by atoms with Crippen molar-refractivity contribution in [1.82, 2.24) is 10.6 Å². The van der Waals surface area contributed by atoms with Gasteiger partial charge in [-0.2, -0.15) is 13.2 Å². The lowest BCUT2D eigenvalue weighted by Gasteiger charge is -2.37. The number of halogens is 3. The smallest absolute Gasteiger partial charge is 0.416 e. The largest absolute Gasteiger partial charge is 0.496 e. The fraction of sp³-hybridized carbons (Fsp3) is 0.581. The average Bonchev–Trinajstić information content (AvgIpc) is 2.84. The van der Waals surface area contributed by atoms with Crippen molar-refractivity contribution < 1.29 is 22.7 Å². The second kappa shape index (κ2) is 11.3. The number of carbonyl (C=O) groups excluding carboxylic acids is 1. The number of benzene rings is 2. The van der Waals surface area contributed by atoms with Gasteiger partial charge in [-0.25, -0.2) is 0 Å². The van der Waals surface area contributed by atoms with E-state index in [1.54, 1.807) is 13.2 Å². The van der Waals surface area contributed by atoms with E-state index in [1.165, 1.54) is 6.07 Å². The van der Waals surface area contributed by atoms with Gasteiger partial charge in [0.2, 0.25) is 5.91 Å². The Morgan fingerprint density at radius 2 is 1.45 bits per heavy atom. The summed E-state index contributed by atoms with van der Waals surface area (Å²) in [7, 11) is 1.71. The number of hydrogen-bond acceptors (Lipinski definition) is 3. The first-order valence-electron chi connectivity index (χ1n) is 13.5. The van der Waals surface area contributed by atoms with Crippen molar-refractivity contribution in [3.63, 3.8) is 0 Å². The molecule has 1 saturated carbocycles. The molecule has 0 bridgehead atoms. The number of carbonyl (C=O) groups is 1. The van der Waals surface area contributed by atoms with Gasteiger partial charge in [-0.1, -0.05) is 85.1 Å². The van der Waals surface area contributed by atoms with Crippen molar-refractivity contribution in [3.05, 3.63) is 64.2 Å². The molecule has 2 aromatic rings. The molecule has 1 fully saturated rings. The van der Waals surface area contributed by atoms with Gasteiger partial charge >= 0.3 is 6.18 Å². The molecule has 0 spiro atoms. The summed E-state index contributed by atoms with van der Waals surface area (Å²) in [6.07, 6.45) is -0.122. The molecule has 7 heteroatoms. The summed E-state index contributed by atoms with van der Waals surface area (Å²) in [6.45, 7) is 13.5. The molecule has 2 aromatic carbocycles. The maximum atomic E-state index is 13.5. The fourth-order valence-electron chi connectivity index (χ4n) is 5.24. The highest BCUT2D eigenvalue weighted by molar-refractivity contribution is 5.86. The first kappa shape index (κ1) is 30.0. The molecular weight excluding hydrogens is 489 g/mol. The van der Waals surface area contributed by atoms with Gasteiger partial charge in [-0.3, -0.25) is 10.1 Å². The highest BCUT2D eigenvalue weighted by Crippen LogP contribution is 2.41. The minimum absolute atomic E-state index is 0.0526. The SMILES string of the molecule is COc1c(C(C)(C)C)cc(CNC2(C(=O)NCc3cccc(C(F)(F)F)c3)CCCCC2)cc1C(C)(C)C. The van der Waals surface area contributed by atoms with Crippen LogP contribution in [0.5, 0.6) is 5.75 Å². The Morgan fingerprint density at radius 1 is 0.868 bits per heavy atom. The van der Waals surface area contributed by atoms with Crippen LogP contribution in [0.2, 0.25) is 0 Å². The van der Waals surface area contributed by atoms with Crippen LogP contribution in [0.3, 0.4) is 0 Å². The van der Waals surface area contributed by atoms with Crippen molar-refractivity contribution in [3.8, 4) is 5.75 Å². The predicted molar refractivity (Wildman–Crippen MR) is 146 cm³/mol. The maximum absolute atomic E-state index is 13.5. The van der Waals surface area contributed by atoms with E-state index in [4.69, 9.17) is 4.74 Å². The molecular formula is C31H43F3N2O2. The fourth-order valence-corrected chi connectivity index (χ4v) is 5.24. The molecule has 0 aromatic heterocycles. The Balaban J connectivity index is 1.85. The third-order valence-corrected chi connectivity index (χ3v) is 7.45. The summed E-state index contributed by atoms with van der Waals surface area (Å²) in [4.78, 5) is 13.5. The number of hydrogen-bond donors (Lipinski definition) is 2. The molecule has 1 amide bonds. The molecule has 3 rings (SSSR count). The lowest BCUT2D eigenvalue weighted by molar-refractivity contribution is -0.137. The molecule has 1 aliphatic rings. The highest BCUT2D eigenvalue weighted by atomic mass is 19.4. The number of alkyl halides is 3. The minimum Gasteiger partial charge on any atom is -0.496 e. The van der Waals surface area contributed by atoms with Gasteiger partial charge in [0.1, 0.15) is 5.75 Å². The zero-order valence-electron chi connectivity index (χ0n) is 23.9. The number of amides is 1. The van der Waals surface area contributed by atoms with E-state index >= 15 is 0 Å². The van der Waals surface area contributed by atoms with Crippen LogP contribution < -0.4 is 15.4 Å². The van der Waals surface area contributed by atoms with Crippen LogP contribution >= 0.6 is 0 Å². The second-order valence-electron chi connectivity index (χ2n) is 12.6. The van der Waals surface area contributed by atoms with E-state index < -0.39 is 17.3 Å². The maximum Gasteiger partial charge on any atom is 0.416 e. The Bertz CT molecular complexity index is 1090. The van der Waals surface area contributed by atoms with Crippen LogP contribution in [0.1, 0.15) is 101 Å². The van der Waals surface area contributed by atoms with Gasteiger partial charge < -0.3 is 10.1 Å². The predicted octanol–water partition coefficient (Wildman–Crippen LogP) is 7.42. The third kappa shape index (κ3) is 7.10. The molecule has 0 radical (unpaired) electrons. The van der Waals surface area contributed by atoms with E-state index in [9.17, 15) is 18.0 Å². The minimum atomic E-state index is -4.41. The third-order valence-electron chi connectivity index (χ3n) is 7.45. The van der Waals surface area contributed by atoms with Crippen LogP contribution in [0.25, 0.3) is 0 Å². The van der Waals surface area contributed by atoms with Gasteiger partial charge in [0, 0.05) is 24.2 Å². The second-order valence-corrected chi connectivity index (χ2v) is 12.6. The Hall–Kier alpha value is -2.54. The van der Waals surface area contributed by atoms with Crippen LogP contribution in [0, 0.1) is 0 Å². The van der Waals surface area contributed by atoms with E-state index in [2.05, 4.69) is 64.3 Å². The quantitative estimate of drug-likeness (QED) is 0.390. The lowest BCUT2D eigenvalue weighted by Crippen LogP contribution is -2.57. The van der Waals surface area contributed by atoms with Gasteiger partial charge in [-0.05, 0) is 46.9 Å². The molecule has 38 heavy (non-hydrogen) atoms. The number of methoxy groups -OCH3 is 1. The Kier molecular flexibility index (Phi) is 8.91. The van der Waals surface area contributed by atoms with Crippen LogP contribution in [-0.4, -0.2) is 18.6 Å². The standard InChI is InChI=1S/C31H43F3N2O2/c1-28(2,3)24-17-22(18-25(26(24)38-7)29(4,5)6)20-36-30(14-9-8-10-15-30)27(37)35-19-21-12-11-13-23(16-21)31(32,33)34/h11-13,16-18,36H,8-10,14-15,19-20H2,1-7H3,(H,35,37). The topological polar surface area (TPSA) is 50.4 Å². The summed E-state index contributed by atoms with van der Waals surface area (Å²) in [5, 5.41) is 6.51. The number of nitrogens with one attached hydrogen (secondary N) is 2. The lowest BCUT2D eigenvalue weighted by atomic mass is 9.78. The van der Waals surface area contributed by atoms with E-state index in [1.807, 2.05) is 0 Å². The van der Waals surface area contributed by atoms with Gasteiger partial charge in [0.15, 0.2) is 0 Å². The summed E-state index contributed by atoms with van der Waals surface area (Å²) < 4.78 is 45.3. The zero-order valence-corrected chi connectivity index (χ0v) is 23.9. The molecule has 0 atom stereocenters. The molecule has 1 aliphatic carbocycles. The number of ether oxygens (including phenoxy) is 1. The average molecular weight is 533 g/mol. The van der Waals surface area contributed by atoms with Crippen molar-refractivity contribution in [2.45, 2.75) is 109 Å². The first-order valence-corrected chi connectivity index (χ1v) is 13.5. The van der Waals surface area contributed by atoms with Crippen LogP contribution in [0.4, 0.5) is 13.2 Å². The van der Waals surface area contributed by atoms with E-state index in [0.717, 1.165) is 53.8 Å². The van der Waals surface area contributed by atoms with Crippen LogP contribution in [0.15, 0.2) is 36.4 Å². The Morgan fingerprint density at radius 3 is 1.95 bits per heavy atom. The first-order chi connectivity index (χ1) is 17.6. The van der Waals surface area contributed by atoms with Gasteiger partial charge in [-0.15, -0.1) is 0 Å². The summed E-state index contributed by atoms with van der Waals surface area (Å²) in [5.74, 6) is 0.746. The molecule has 2 N–H and O–H groups in total. The summed E-state index contributed by atoms with van der Waals surface area (Å²) in [5.41, 5.74) is 2.02. The molecule has 4 nitrogen and oxygen atoms in total. The summed E-state index contributed by atoms with van der Waals surface area (Å²) >= 11 is 0. The normalized spacial score (nSPS) is 16.3. The van der Waals surface area contributed by atoms with Crippen molar-refractivity contribution >= 4 is 5.91 Å². The molecule has 0 aliphatic heterocycles. The molecule has 210 valence electrons. The van der Waals surface area contributed by atoms with Crippen molar-refractivity contribution in [2.24, 2.45) is 0 Å². The van der Waals surface area contributed by atoms with Crippen LogP contribution in [-0.2, 0) is 34.9 Å². The molecule has 0 saturated heterocycles. The number of rotatable bonds is 7. The van der Waals surface area contributed by atoms with E-state index in [0.29, 0.717) is 24.9 Å². The Labute approximate surface area is 225 Å². The highest BCUT2D eigenvalue weighted by Gasteiger charge is 2.39. The molecule has 0 unspecified atom stereocenters. The van der Waals surface area contributed by atoms with E-state index in [-0.39, 0.29) is 23.3 Å². The van der Waals surface area contributed by atoms with Gasteiger partial charge in [0.25, 0.3) is 0 Å². The zero-order chi connectivity index (χ0) is 28.4. The monoisotopic (exact) mass is 532 g/mol. The van der Waals surface area contributed by atoms with Gasteiger partial charge in [0.05, 0.1) is 18.2 Å². The summed E-state index contributed by atoms with van der Waals surface area (Å²) in [6, 6.07) is 9.46.